The summed E-state index contributed by atoms with van der Waals surface area (Å²) in [4.78, 5) is 24.1. The van der Waals surface area contributed by atoms with Gasteiger partial charge in [-0.2, -0.15) is 0 Å². The summed E-state index contributed by atoms with van der Waals surface area (Å²) in [6, 6.07) is 5.96. The molecular weight excluding hydrogens is 230 g/mol. The topological polar surface area (TPSA) is 57.6 Å². The van der Waals surface area contributed by atoms with Crippen LogP contribution in [0.3, 0.4) is 0 Å². The second-order valence-corrected chi connectivity index (χ2v) is 4.67. The van der Waals surface area contributed by atoms with Crippen LogP contribution >= 0.6 is 0 Å². The minimum absolute atomic E-state index is 0.0339. The molecule has 2 rings (SSSR count). The number of aliphatic carboxylic acids is 1. The van der Waals surface area contributed by atoms with Crippen LogP contribution in [0.25, 0.3) is 0 Å². The quantitative estimate of drug-likeness (QED) is 0.890. The first kappa shape index (κ1) is 12.6. The number of aryl methyl sites for hydroxylation is 1. The highest BCUT2D eigenvalue weighted by Crippen LogP contribution is 2.38. The molecule has 1 atom stereocenters. The Morgan fingerprint density at radius 3 is 2.72 bits per heavy atom. The molecule has 96 valence electrons. The maximum atomic E-state index is 11.6. The first-order chi connectivity index (χ1) is 8.52. The number of carbonyl (C=O) groups excluding carboxylic acids is 1. The van der Waals surface area contributed by atoms with Crippen molar-refractivity contribution in [1.29, 1.82) is 0 Å². The number of hydrogen-bond acceptors (Lipinski definition) is 2. The average molecular weight is 247 g/mol. The minimum atomic E-state index is -0.821. The molecule has 0 fully saturated rings. The van der Waals surface area contributed by atoms with Crippen molar-refractivity contribution in [1.82, 2.24) is 0 Å². The minimum Gasteiger partial charge on any atom is -0.481 e. The maximum absolute atomic E-state index is 11.6. The Balaban J connectivity index is 2.40. The summed E-state index contributed by atoms with van der Waals surface area (Å²) >= 11 is 0. The Morgan fingerprint density at radius 2 is 2.17 bits per heavy atom. The van der Waals surface area contributed by atoms with Gasteiger partial charge in [0.25, 0.3) is 0 Å². The van der Waals surface area contributed by atoms with Gasteiger partial charge in [-0.05, 0) is 23.6 Å². The summed E-state index contributed by atoms with van der Waals surface area (Å²) in [7, 11) is 0. The molecule has 4 nitrogen and oxygen atoms in total. The van der Waals surface area contributed by atoms with E-state index in [1.54, 1.807) is 4.90 Å². The fourth-order valence-corrected chi connectivity index (χ4v) is 2.50. The van der Waals surface area contributed by atoms with Crippen LogP contribution < -0.4 is 4.90 Å². The number of nitrogens with zero attached hydrogens (tertiary/aromatic N) is 1. The van der Waals surface area contributed by atoms with Crippen LogP contribution in [0.2, 0.25) is 0 Å². The summed E-state index contributed by atoms with van der Waals surface area (Å²) in [5, 5.41) is 8.95. The molecule has 0 saturated carbocycles. The molecule has 1 heterocycles. The molecule has 0 radical (unpaired) electrons. The lowest BCUT2D eigenvalue weighted by Gasteiger charge is -2.14. The van der Waals surface area contributed by atoms with E-state index >= 15 is 0 Å². The number of fused-ring (bicyclic) bond motifs is 1. The molecule has 0 aliphatic carbocycles. The fourth-order valence-electron chi connectivity index (χ4n) is 2.50. The third-order valence-electron chi connectivity index (χ3n) is 3.43. The van der Waals surface area contributed by atoms with Crippen molar-refractivity contribution < 1.29 is 14.7 Å². The van der Waals surface area contributed by atoms with Crippen LogP contribution in [0.15, 0.2) is 18.2 Å². The van der Waals surface area contributed by atoms with Gasteiger partial charge in [0.1, 0.15) is 0 Å². The summed E-state index contributed by atoms with van der Waals surface area (Å²) in [6.07, 6.45) is 0.983. The number of amides is 1. The van der Waals surface area contributed by atoms with Crippen molar-refractivity contribution >= 4 is 17.6 Å². The van der Waals surface area contributed by atoms with E-state index in [2.05, 4.69) is 6.92 Å². The van der Waals surface area contributed by atoms with Crippen molar-refractivity contribution in [3.05, 3.63) is 29.3 Å². The third-order valence-corrected chi connectivity index (χ3v) is 3.43. The van der Waals surface area contributed by atoms with Crippen molar-refractivity contribution in [2.45, 2.75) is 32.6 Å². The van der Waals surface area contributed by atoms with Gasteiger partial charge in [0.2, 0.25) is 5.91 Å². The van der Waals surface area contributed by atoms with Gasteiger partial charge >= 0.3 is 5.97 Å². The van der Waals surface area contributed by atoms with E-state index in [0.717, 1.165) is 17.7 Å². The molecule has 1 aliphatic heterocycles. The lowest BCUT2D eigenvalue weighted by Crippen LogP contribution is -2.27. The van der Waals surface area contributed by atoms with Crippen molar-refractivity contribution in [2.75, 3.05) is 11.4 Å². The Morgan fingerprint density at radius 1 is 1.44 bits per heavy atom. The van der Waals surface area contributed by atoms with E-state index < -0.39 is 5.97 Å². The Hall–Kier alpha value is -1.84. The van der Waals surface area contributed by atoms with Crippen LogP contribution in [-0.4, -0.2) is 23.5 Å². The second kappa shape index (κ2) is 4.80. The summed E-state index contributed by atoms with van der Waals surface area (Å²) in [5.41, 5.74) is 3.03. The number of hydrogen-bond donors (Lipinski definition) is 1. The summed E-state index contributed by atoms with van der Waals surface area (Å²) in [6.45, 7) is 4.05. The van der Waals surface area contributed by atoms with Gasteiger partial charge in [-0.15, -0.1) is 0 Å². The molecule has 1 unspecified atom stereocenters. The van der Waals surface area contributed by atoms with E-state index in [1.165, 1.54) is 12.5 Å². The van der Waals surface area contributed by atoms with E-state index in [0.29, 0.717) is 6.54 Å². The smallest absolute Gasteiger partial charge is 0.304 e. The van der Waals surface area contributed by atoms with Gasteiger partial charge < -0.3 is 10.0 Å². The highest BCUT2D eigenvalue weighted by Gasteiger charge is 2.32. The van der Waals surface area contributed by atoms with Crippen LogP contribution in [0.1, 0.15) is 37.3 Å². The number of rotatable bonds is 3. The van der Waals surface area contributed by atoms with Crippen LogP contribution in [0.5, 0.6) is 0 Å². The average Bonchev–Trinajstić information content (AvgIpc) is 2.67. The van der Waals surface area contributed by atoms with Gasteiger partial charge in [-0.25, -0.2) is 0 Å². The monoisotopic (exact) mass is 247 g/mol. The highest BCUT2D eigenvalue weighted by atomic mass is 16.4. The van der Waals surface area contributed by atoms with Gasteiger partial charge in [0.15, 0.2) is 0 Å². The maximum Gasteiger partial charge on any atom is 0.304 e. The van der Waals surface area contributed by atoms with Crippen molar-refractivity contribution in [3.63, 3.8) is 0 Å². The molecule has 0 aromatic heterocycles. The molecule has 1 aromatic carbocycles. The molecule has 1 aliphatic rings. The SMILES string of the molecule is CCc1ccc2c(c1)C(CC(=O)O)CN2C(C)=O. The van der Waals surface area contributed by atoms with Crippen molar-refractivity contribution in [3.8, 4) is 0 Å². The zero-order valence-corrected chi connectivity index (χ0v) is 10.6. The van der Waals surface area contributed by atoms with E-state index in [1.807, 2.05) is 18.2 Å². The zero-order valence-electron chi connectivity index (χ0n) is 10.6. The van der Waals surface area contributed by atoms with Gasteiger partial charge in [-0.3, -0.25) is 9.59 Å². The Kier molecular flexibility index (Phi) is 3.36. The Labute approximate surface area is 106 Å². The number of benzene rings is 1. The number of carboxylic acids is 1. The molecule has 4 heteroatoms. The zero-order chi connectivity index (χ0) is 13.3. The van der Waals surface area contributed by atoms with E-state index in [4.69, 9.17) is 5.11 Å². The first-order valence-electron chi connectivity index (χ1n) is 6.15. The predicted molar refractivity (Wildman–Crippen MR) is 68.8 cm³/mol. The van der Waals surface area contributed by atoms with Gasteiger partial charge in [0.05, 0.1) is 6.42 Å². The largest absolute Gasteiger partial charge is 0.481 e. The predicted octanol–water partition coefficient (Wildman–Crippen LogP) is 2.17. The molecule has 18 heavy (non-hydrogen) atoms. The molecule has 1 aromatic rings. The number of carboxylic acid groups (broad SMARTS) is 1. The fraction of sp³-hybridized carbons (Fsp3) is 0.429. The Bertz CT molecular complexity index is 496. The highest BCUT2D eigenvalue weighted by molar-refractivity contribution is 5.94. The third kappa shape index (κ3) is 2.23. The molecule has 0 bridgehead atoms. The van der Waals surface area contributed by atoms with E-state index in [-0.39, 0.29) is 18.2 Å². The molecular formula is C14H17NO3. The summed E-state index contributed by atoms with van der Waals surface area (Å²) < 4.78 is 0. The molecule has 1 N–H and O–H groups in total. The molecule has 0 saturated heterocycles. The van der Waals surface area contributed by atoms with Crippen LogP contribution in [0, 0.1) is 0 Å². The second-order valence-electron chi connectivity index (χ2n) is 4.67. The normalized spacial score (nSPS) is 17.7. The molecule has 0 spiro atoms. The van der Waals surface area contributed by atoms with Gasteiger partial charge in [0, 0.05) is 25.1 Å². The van der Waals surface area contributed by atoms with Crippen molar-refractivity contribution in [2.24, 2.45) is 0 Å². The molecule has 1 amide bonds. The van der Waals surface area contributed by atoms with E-state index in [9.17, 15) is 9.59 Å². The summed E-state index contributed by atoms with van der Waals surface area (Å²) in [5.74, 6) is -0.945. The number of anilines is 1. The van der Waals surface area contributed by atoms with Gasteiger partial charge in [-0.1, -0.05) is 19.1 Å². The van der Waals surface area contributed by atoms with Crippen LogP contribution in [0.4, 0.5) is 5.69 Å². The van der Waals surface area contributed by atoms with Crippen LogP contribution in [-0.2, 0) is 16.0 Å². The standard InChI is InChI=1S/C14H17NO3/c1-3-10-4-5-13-12(6-10)11(7-14(17)18)8-15(13)9(2)16/h4-6,11H,3,7-8H2,1-2H3,(H,17,18). The lowest BCUT2D eigenvalue weighted by molar-refractivity contribution is -0.137. The lowest BCUT2D eigenvalue weighted by atomic mass is 9.96. The number of carbonyl (C=O) groups is 2. The first-order valence-corrected chi connectivity index (χ1v) is 6.15.